The predicted molar refractivity (Wildman–Crippen MR) is 77.5 cm³/mol. The van der Waals surface area contributed by atoms with Gasteiger partial charge in [-0.05, 0) is 39.0 Å². The number of aromatic amines is 1. The molecule has 3 N–H and O–H groups in total. The molecule has 1 aliphatic rings. The quantitative estimate of drug-likeness (QED) is 0.865. The van der Waals surface area contributed by atoms with Crippen molar-refractivity contribution >= 4 is 5.82 Å². The van der Waals surface area contributed by atoms with Crippen molar-refractivity contribution in [3.63, 3.8) is 0 Å². The molecule has 1 saturated carbocycles. The van der Waals surface area contributed by atoms with E-state index in [1.54, 1.807) is 6.07 Å². The van der Waals surface area contributed by atoms with Gasteiger partial charge in [-0.3, -0.25) is 4.79 Å². The minimum absolute atomic E-state index is 0.0730. The zero-order chi connectivity index (χ0) is 13.8. The van der Waals surface area contributed by atoms with E-state index in [0.717, 1.165) is 44.5 Å². The molecule has 1 aliphatic carbocycles. The Labute approximate surface area is 114 Å². The maximum absolute atomic E-state index is 11.6. The first-order chi connectivity index (χ1) is 9.10. The van der Waals surface area contributed by atoms with E-state index in [-0.39, 0.29) is 5.56 Å². The van der Waals surface area contributed by atoms with Crippen LogP contribution < -0.4 is 16.2 Å². The summed E-state index contributed by atoms with van der Waals surface area (Å²) in [5.41, 5.74) is 5.90. The van der Waals surface area contributed by atoms with Gasteiger partial charge in [0.15, 0.2) is 0 Å². The average Bonchev–Trinajstić information content (AvgIpc) is 2.36. The lowest BCUT2D eigenvalue weighted by Gasteiger charge is -2.36. The van der Waals surface area contributed by atoms with Crippen molar-refractivity contribution in [2.75, 3.05) is 11.4 Å². The van der Waals surface area contributed by atoms with Crippen LogP contribution in [0.3, 0.4) is 0 Å². The molecule has 0 aliphatic heterocycles. The number of nitrogens with one attached hydrogen (secondary N) is 1. The van der Waals surface area contributed by atoms with E-state index in [4.69, 9.17) is 5.73 Å². The van der Waals surface area contributed by atoms with Crippen molar-refractivity contribution < 1.29 is 0 Å². The minimum atomic E-state index is -0.0730. The van der Waals surface area contributed by atoms with Crippen LogP contribution in [0.25, 0.3) is 0 Å². The predicted octanol–water partition coefficient (Wildman–Crippen LogP) is 1.56. The summed E-state index contributed by atoms with van der Waals surface area (Å²) in [4.78, 5) is 21.1. The molecule has 0 saturated heterocycles. The molecule has 1 aromatic heterocycles. The standard InChI is InChI=1S/C14H24N4O/c1-3-8-18(12-6-4-11(15)5-7-12)13-9-14(19)17-10(2)16-13/h9,11-12H,3-8,15H2,1-2H3,(H,16,17,19). The second-order valence-corrected chi connectivity index (χ2v) is 5.45. The highest BCUT2D eigenvalue weighted by molar-refractivity contribution is 5.39. The van der Waals surface area contributed by atoms with Gasteiger partial charge in [-0.25, -0.2) is 4.98 Å². The van der Waals surface area contributed by atoms with Crippen LogP contribution in [0, 0.1) is 6.92 Å². The van der Waals surface area contributed by atoms with E-state index in [9.17, 15) is 4.79 Å². The number of nitrogens with two attached hydrogens (primary N) is 1. The number of rotatable bonds is 4. The first-order valence-corrected chi connectivity index (χ1v) is 7.20. The van der Waals surface area contributed by atoms with Crippen molar-refractivity contribution in [2.24, 2.45) is 5.73 Å². The molecule has 106 valence electrons. The van der Waals surface area contributed by atoms with E-state index in [1.165, 1.54) is 0 Å². The van der Waals surface area contributed by atoms with E-state index >= 15 is 0 Å². The molecule has 2 rings (SSSR count). The Kier molecular flexibility index (Phi) is 4.58. The van der Waals surface area contributed by atoms with Crippen LogP contribution in [0.15, 0.2) is 10.9 Å². The normalized spacial score (nSPS) is 23.3. The van der Waals surface area contributed by atoms with E-state index in [2.05, 4.69) is 21.8 Å². The Hall–Kier alpha value is -1.36. The molecular weight excluding hydrogens is 240 g/mol. The number of aromatic nitrogens is 2. The van der Waals surface area contributed by atoms with E-state index in [0.29, 0.717) is 17.9 Å². The topological polar surface area (TPSA) is 75.0 Å². The molecular formula is C14H24N4O. The van der Waals surface area contributed by atoms with E-state index < -0.39 is 0 Å². The SMILES string of the molecule is CCCN(c1cc(=O)[nH]c(C)n1)C1CCC(N)CC1. The molecule has 1 aromatic rings. The third kappa shape index (κ3) is 3.56. The lowest BCUT2D eigenvalue weighted by atomic mass is 9.90. The molecule has 5 heteroatoms. The Bertz CT molecular complexity index is 463. The van der Waals surface area contributed by atoms with Crippen molar-refractivity contribution in [2.45, 2.75) is 58.0 Å². The van der Waals surface area contributed by atoms with Gasteiger partial charge in [-0.2, -0.15) is 0 Å². The van der Waals surface area contributed by atoms with Crippen molar-refractivity contribution in [3.8, 4) is 0 Å². The number of hydrogen-bond acceptors (Lipinski definition) is 4. The second-order valence-electron chi connectivity index (χ2n) is 5.45. The Morgan fingerprint density at radius 3 is 2.68 bits per heavy atom. The highest BCUT2D eigenvalue weighted by Gasteiger charge is 2.25. The van der Waals surface area contributed by atoms with Crippen LogP contribution in [-0.4, -0.2) is 28.6 Å². The summed E-state index contributed by atoms with van der Waals surface area (Å²) in [6.45, 7) is 4.92. The van der Waals surface area contributed by atoms with Gasteiger partial charge in [0.1, 0.15) is 11.6 Å². The number of H-pyrrole nitrogens is 1. The summed E-state index contributed by atoms with van der Waals surface area (Å²) in [5.74, 6) is 1.49. The van der Waals surface area contributed by atoms with Crippen LogP contribution in [-0.2, 0) is 0 Å². The van der Waals surface area contributed by atoms with Crippen molar-refractivity contribution in [1.82, 2.24) is 9.97 Å². The minimum Gasteiger partial charge on any atom is -0.353 e. The Morgan fingerprint density at radius 2 is 2.11 bits per heavy atom. The molecule has 0 atom stereocenters. The van der Waals surface area contributed by atoms with Gasteiger partial charge in [0.05, 0.1) is 0 Å². The maximum atomic E-state index is 11.6. The third-order valence-electron chi connectivity index (χ3n) is 3.79. The monoisotopic (exact) mass is 264 g/mol. The molecule has 0 unspecified atom stereocenters. The highest BCUT2D eigenvalue weighted by atomic mass is 16.1. The molecule has 19 heavy (non-hydrogen) atoms. The van der Waals surface area contributed by atoms with Gasteiger partial charge in [-0.1, -0.05) is 6.92 Å². The summed E-state index contributed by atoms with van der Waals surface area (Å²) in [6.07, 6.45) is 5.36. The van der Waals surface area contributed by atoms with E-state index in [1.807, 2.05) is 6.92 Å². The maximum Gasteiger partial charge on any atom is 0.252 e. The van der Waals surface area contributed by atoms with Crippen LogP contribution in [0.4, 0.5) is 5.82 Å². The number of aryl methyl sites for hydroxylation is 1. The number of anilines is 1. The molecule has 1 fully saturated rings. The molecule has 0 radical (unpaired) electrons. The summed E-state index contributed by atoms with van der Waals surface area (Å²) < 4.78 is 0. The third-order valence-corrected chi connectivity index (χ3v) is 3.79. The fourth-order valence-electron chi connectivity index (χ4n) is 2.85. The van der Waals surface area contributed by atoms with Crippen LogP contribution in [0.1, 0.15) is 44.9 Å². The first kappa shape index (κ1) is 14.1. The molecule has 0 amide bonds. The molecule has 1 heterocycles. The summed E-state index contributed by atoms with van der Waals surface area (Å²) in [5, 5.41) is 0. The molecule has 0 bridgehead atoms. The smallest absolute Gasteiger partial charge is 0.252 e. The van der Waals surface area contributed by atoms with Gasteiger partial charge in [-0.15, -0.1) is 0 Å². The van der Waals surface area contributed by atoms with Crippen molar-refractivity contribution in [1.29, 1.82) is 0 Å². The lowest BCUT2D eigenvalue weighted by molar-refractivity contribution is 0.373. The number of hydrogen-bond donors (Lipinski definition) is 2. The summed E-state index contributed by atoms with van der Waals surface area (Å²) >= 11 is 0. The largest absolute Gasteiger partial charge is 0.353 e. The second kappa shape index (κ2) is 6.19. The van der Waals surface area contributed by atoms with Crippen molar-refractivity contribution in [3.05, 3.63) is 22.2 Å². The summed E-state index contributed by atoms with van der Waals surface area (Å²) in [7, 11) is 0. The highest BCUT2D eigenvalue weighted by Crippen LogP contribution is 2.25. The molecule has 0 spiro atoms. The first-order valence-electron chi connectivity index (χ1n) is 7.20. The fraction of sp³-hybridized carbons (Fsp3) is 0.714. The Morgan fingerprint density at radius 1 is 1.42 bits per heavy atom. The zero-order valence-electron chi connectivity index (χ0n) is 11.9. The van der Waals surface area contributed by atoms with Gasteiger partial charge in [0.2, 0.25) is 0 Å². The average molecular weight is 264 g/mol. The summed E-state index contributed by atoms with van der Waals surface area (Å²) in [6, 6.07) is 2.42. The van der Waals surface area contributed by atoms with Gasteiger partial charge in [0, 0.05) is 24.7 Å². The fourth-order valence-corrected chi connectivity index (χ4v) is 2.85. The van der Waals surface area contributed by atoms with Gasteiger partial charge >= 0.3 is 0 Å². The van der Waals surface area contributed by atoms with Gasteiger partial charge in [0.25, 0.3) is 5.56 Å². The Balaban J connectivity index is 2.21. The van der Waals surface area contributed by atoms with Crippen LogP contribution >= 0.6 is 0 Å². The zero-order valence-corrected chi connectivity index (χ0v) is 11.9. The van der Waals surface area contributed by atoms with Gasteiger partial charge < -0.3 is 15.6 Å². The number of nitrogens with zero attached hydrogens (tertiary/aromatic N) is 2. The van der Waals surface area contributed by atoms with Crippen LogP contribution in [0.2, 0.25) is 0 Å². The molecule has 0 aromatic carbocycles. The van der Waals surface area contributed by atoms with Crippen LogP contribution in [0.5, 0.6) is 0 Å². The molecule has 5 nitrogen and oxygen atoms in total. The lowest BCUT2D eigenvalue weighted by Crippen LogP contribution is -2.42.